The molecule has 7 nitrogen and oxygen atoms in total. The number of aliphatic imine (C=N–C) groups is 1. The summed E-state index contributed by atoms with van der Waals surface area (Å²) in [5, 5.41) is 4.88. The lowest BCUT2D eigenvalue weighted by Crippen LogP contribution is -2.50. The van der Waals surface area contributed by atoms with E-state index in [0.29, 0.717) is 17.9 Å². The summed E-state index contributed by atoms with van der Waals surface area (Å²) in [6.07, 6.45) is -0.208. The summed E-state index contributed by atoms with van der Waals surface area (Å²) in [6.45, 7) is 2.04. The standard InChI is InChI=1S/C13H13N3O4/c1-2-20-12(19)8-3-5-9(6-4-8)14-13-15-10(17)7-11(18)16-13/h3-6H,2,7H2,1H3,(H2,14,15,16,17,18). The van der Waals surface area contributed by atoms with Gasteiger partial charge in [-0.3, -0.25) is 20.2 Å². The molecule has 1 aromatic rings. The van der Waals surface area contributed by atoms with Crippen LogP contribution in [0.1, 0.15) is 23.7 Å². The first kappa shape index (κ1) is 13.7. The molecule has 1 aliphatic heterocycles. The Morgan fingerprint density at radius 1 is 1.20 bits per heavy atom. The highest BCUT2D eigenvalue weighted by molar-refractivity contribution is 6.16. The maximum atomic E-state index is 11.5. The molecule has 0 unspecified atom stereocenters. The molecule has 2 rings (SSSR count). The Hall–Kier alpha value is -2.70. The summed E-state index contributed by atoms with van der Waals surface area (Å²) < 4.78 is 4.86. The van der Waals surface area contributed by atoms with Gasteiger partial charge >= 0.3 is 5.97 Å². The van der Waals surface area contributed by atoms with Crippen LogP contribution in [0.3, 0.4) is 0 Å². The fourth-order valence-electron chi connectivity index (χ4n) is 1.60. The third-order valence-corrected chi connectivity index (χ3v) is 2.46. The van der Waals surface area contributed by atoms with Crippen LogP contribution in [-0.4, -0.2) is 30.4 Å². The number of carbonyl (C=O) groups excluding carboxylic acids is 3. The molecule has 1 heterocycles. The van der Waals surface area contributed by atoms with E-state index in [9.17, 15) is 14.4 Å². The van der Waals surface area contributed by atoms with Gasteiger partial charge in [0.25, 0.3) is 0 Å². The lowest BCUT2D eigenvalue weighted by molar-refractivity contribution is -0.129. The van der Waals surface area contributed by atoms with Crippen LogP contribution in [0.15, 0.2) is 29.3 Å². The summed E-state index contributed by atoms with van der Waals surface area (Å²) in [4.78, 5) is 37.9. The van der Waals surface area contributed by atoms with Gasteiger partial charge < -0.3 is 4.74 Å². The smallest absolute Gasteiger partial charge is 0.338 e. The van der Waals surface area contributed by atoms with Gasteiger partial charge in [0.2, 0.25) is 17.8 Å². The zero-order chi connectivity index (χ0) is 14.5. The van der Waals surface area contributed by atoms with Gasteiger partial charge in [0.15, 0.2) is 0 Å². The monoisotopic (exact) mass is 275 g/mol. The molecular formula is C13H13N3O4. The maximum Gasteiger partial charge on any atom is 0.338 e. The summed E-state index contributed by atoms with van der Waals surface area (Å²) >= 11 is 0. The number of esters is 1. The van der Waals surface area contributed by atoms with E-state index in [2.05, 4.69) is 15.6 Å². The van der Waals surface area contributed by atoms with E-state index in [0.717, 1.165) is 0 Å². The highest BCUT2D eigenvalue weighted by Crippen LogP contribution is 2.14. The van der Waals surface area contributed by atoms with Crippen molar-refractivity contribution in [2.45, 2.75) is 13.3 Å². The van der Waals surface area contributed by atoms with Crippen LogP contribution in [0.5, 0.6) is 0 Å². The van der Waals surface area contributed by atoms with Crippen molar-refractivity contribution in [3.05, 3.63) is 29.8 Å². The second kappa shape index (κ2) is 5.96. The van der Waals surface area contributed by atoms with E-state index < -0.39 is 17.8 Å². The molecule has 7 heteroatoms. The Bertz CT molecular complexity index is 560. The second-order valence-corrected chi connectivity index (χ2v) is 4.00. The molecular weight excluding hydrogens is 262 g/mol. The minimum absolute atomic E-state index is 0.0788. The van der Waals surface area contributed by atoms with Crippen LogP contribution in [0.4, 0.5) is 5.69 Å². The van der Waals surface area contributed by atoms with Crippen molar-refractivity contribution in [2.24, 2.45) is 4.99 Å². The van der Waals surface area contributed by atoms with Crippen LogP contribution in [0, 0.1) is 0 Å². The van der Waals surface area contributed by atoms with Crippen molar-refractivity contribution in [1.29, 1.82) is 0 Å². The number of guanidine groups is 1. The first-order valence-electron chi connectivity index (χ1n) is 6.04. The molecule has 1 aromatic carbocycles. The van der Waals surface area contributed by atoms with E-state index in [1.54, 1.807) is 31.2 Å². The van der Waals surface area contributed by atoms with Crippen molar-refractivity contribution < 1.29 is 19.1 Å². The molecule has 0 aliphatic carbocycles. The quantitative estimate of drug-likeness (QED) is 0.619. The minimum Gasteiger partial charge on any atom is -0.462 e. The van der Waals surface area contributed by atoms with Crippen molar-refractivity contribution in [3.63, 3.8) is 0 Å². The molecule has 1 saturated heterocycles. The Morgan fingerprint density at radius 3 is 2.35 bits per heavy atom. The van der Waals surface area contributed by atoms with E-state index in [1.165, 1.54) is 0 Å². The Balaban J connectivity index is 2.12. The van der Waals surface area contributed by atoms with Gasteiger partial charge in [0.05, 0.1) is 17.9 Å². The minimum atomic E-state index is -0.411. The zero-order valence-electron chi connectivity index (χ0n) is 10.8. The molecule has 1 aliphatic rings. The van der Waals surface area contributed by atoms with Gasteiger partial charge in [-0.2, -0.15) is 0 Å². The predicted octanol–water partition coefficient (Wildman–Crippen LogP) is 0.487. The number of benzene rings is 1. The third kappa shape index (κ3) is 3.41. The highest BCUT2D eigenvalue weighted by Gasteiger charge is 2.19. The molecule has 1 fully saturated rings. The molecule has 2 N–H and O–H groups in total. The van der Waals surface area contributed by atoms with Gasteiger partial charge in [-0.05, 0) is 31.2 Å². The fraction of sp³-hybridized carbons (Fsp3) is 0.231. The van der Waals surface area contributed by atoms with Gasteiger partial charge in [0, 0.05) is 0 Å². The SMILES string of the molecule is CCOC(=O)c1ccc(N=C2NC(=O)CC(=O)N2)cc1. The number of amides is 2. The van der Waals surface area contributed by atoms with Gasteiger partial charge in [-0.25, -0.2) is 9.79 Å². The van der Waals surface area contributed by atoms with E-state index >= 15 is 0 Å². The van der Waals surface area contributed by atoms with Crippen molar-refractivity contribution in [3.8, 4) is 0 Å². The molecule has 20 heavy (non-hydrogen) atoms. The average molecular weight is 275 g/mol. The van der Waals surface area contributed by atoms with Crippen LogP contribution in [0.2, 0.25) is 0 Å². The van der Waals surface area contributed by atoms with Crippen LogP contribution >= 0.6 is 0 Å². The number of rotatable bonds is 3. The lowest BCUT2D eigenvalue weighted by atomic mass is 10.2. The molecule has 0 aromatic heterocycles. The molecule has 0 radical (unpaired) electrons. The van der Waals surface area contributed by atoms with Crippen molar-refractivity contribution in [1.82, 2.24) is 10.6 Å². The Morgan fingerprint density at radius 2 is 1.80 bits per heavy atom. The normalized spacial score (nSPS) is 14.3. The summed E-state index contributed by atoms with van der Waals surface area (Å²) in [5.74, 6) is -1.15. The van der Waals surface area contributed by atoms with Gasteiger partial charge in [-0.15, -0.1) is 0 Å². The molecule has 0 bridgehead atoms. The number of hydrogen-bond acceptors (Lipinski definition) is 5. The van der Waals surface area contributed by atoms with Crippen LogP contribution < -0.4 is 10.6 Å². The fourth-order valence-corrected chi connectivity index (χ4v) is 1.60. The van der Waals surface area contributed by atoms with E-state index in [-0.39, 0.29) is 12.4 Å². The number of ether oxygens (including phenoxy) is 1. The predicted molar refractivity (Wildman–Crippen MR) is 70.4 cm³/mol. The number of nitrogens with zero attached hydrogens (tertiary/aromatic N) is 1. The van der Waals surface area contributed by atoms with Crippen molar-refractivity contribution >= 4 is 29.4 Å². The zero-order valence-corrected chi connectivity index (χ0v) is 10.8. The van der Waals surface area contributed by atoms with Crippen molar-refractivity contribution in [2.75, 3.05) is 6.61 Å². The lowest BCUT2D eigenvalue weighted by Gasteiger charge is -2.14. The number of nitrogens with one attached hydrogen (secondary N) is 2. The van der Waals surface area contributed by atoms with Gasteiger partial charge in [-0.1, -0.05) is 0 Å². The summed E-state index contributed by atoms with van der Waals surface area (Å²) in [7, 11) is 0. The average Bonchev–Trinajstić information content (AvgIpc) is 2.38. The van der Waals surface area contributed by atoms with Gasteiger partial charge in [0.1, 0.15) is 6.42 Å². The first-order valence-corrected chi connectivity index (χ1v) is 6.04. The molecule has 0 atom stereocenters. The summed E-state index contributed by atoms with van der Waals surface area (Å²) in [5.41, 5.74) is 0.906. The molecule has 0 saturated carbocycles. The highest BCUT2D eigenvalue weighted by atomic mass is 16.5. The largest absolute Gasteiger partial charge is 0.462 e. The maximum absolute atomic E-state index is 11.5. The second-order valence-electron chi connectivity index (χ2n) is 4.00. The van der Waals surface area contributed by atoms with Crippen LogP contribution in [-0.2, 0) is 14.3 Å². The number of hydrogen-bond donors (Lipinski definition) is 2. The molecule has 2 amide bonds. The summed E-state index contributed by atoms with van der Waals surface area (Å²) in [6, 6.07) is 6.30. The molecule has 0 spiro atoms. The topological polar surface area (TPSA) is 96.9 Å². The van der Waals surface area contributed by atoms with Crippen LogP contribution in [0.25, 0.3) is 0 Å². The van der Waals surface area contributed by atoms with E-state index in [4.69, 9.17) is 4.74 Å². The third-order valence-electron chi connectivity index (χ3n) is 2.46. The Labute approximate surface area is 115 Å². The number of carbonyl (C=O) groups is 3. The Kier molecular flexibility index (Phi) is 4.09. The van der Waals surface area contributed by atoms with E-state index in [1.807, 2.05) is 0 Å². The first-order chi connectivity index (χ1) is 9.58. The molecule has 104 valence electrons.